The third-order valence-corrected chi connectivity index (χ3v) is 5.32. The van der Waals surface area contributed by atoms with Crippen LogP contribution in [0.2, 0.25) is 0 Å². The molecule has 0 saturated carbocycles. The maximum absolute atomic E-state index is 12.9. The highest BCUT2D eigenvalue weighted by Gasteiger charge is 2.29. The molecule has 0 aliphatic rings. The Balaban J connectivity index is 3.01. The molecule has 13 heteroatoms. The summed E-state index contributed by atoms with van der Waals surface area (Å²) in [5.74, 6) is -4.10. The van der Waals surface area contributed by atoms with Crippen LogP contribution < -0.4 is 21.7 Å². The van der Waals surface area contributed by atoms with Crippen molar-refractivity contribution in [3.8, 4) is 5.75 Å². The maximum atomic E-state index is 12.9. The van der Waals surface area contributed by atoms with Crippen LogP contribution in [0.1, 0.15) is 24.8 Å². The topological polar surface area (TPSA) is 208 Å². The van der Waals surface area contributed by atoms with Gasteiger partial charge in [-0.3, -0.25) is 24.0 Å². The number of aromatic hydroxyl groups is 1. The Bertz CT molecular complexity index is 865. The summed E-state index contributed by atoms with van der Waals surface area (Å²) in [5, 5.41) is 34.3. The van der Waals surface area contributed by atoms with Crippen molar-refractivity contribution < 1.29 is 39.3 Å². The van der Waals surface area contributed by atoms with Gasteiger partial charge in [-0.15, -0.1) is 0 Å². The van der Waals surface area contributed by atoms with Gasteiger partial charge >= 0.3 is 11.9 Å². The van der Waals surface area contributed by atoms with E-state index in [1.54, 1.807) is 0 Å². The van der Waals surface area contributed by atoms with E-state index in [9.17, 15) is 29.1 Å². The molecule has 1 rings (SSSR count). The largest absolute Gasteiger partial charge is 0.508 e. The van der Waals surface area contributed by atoms with E-state index in [0.717, 1.165) is 0 Å². The van der Waals surface area contributed by atoms with E-state index in [4.69, 9.17) is 15.9 Å². The molecule has 0 radical (unpaired) electrons. The molecular weight excluding hydrogens is 468 g/mol. The number of carbonyl (C=O) groups excluding carboxylic acids is 3. The lowest BCUT2D eigenvalue weighted by Crippen LogP contribution is -2.56. The van der Waals surface area contributed by atoms with Crippen LogP contribution in [0.5, 0.6) is 5.75 Å². The third kappa shape index (κ3) is 11.0. The molecule has 12 nitrogen and oxygen atoms in total. The number of benzene rings is 1. The Hall–Kier alpha value is -3.32. The van der Waals surface area contributed by atoms with E-state index >= 15 is 0 Å². The first-order valence-electron chi connectivity index (χ1n) is 10.4. The number of phenols is 1. The third-order valence-electron chi connectivity index (χ3n) is 4.67. The molecular formula is C21H30N4O8S. The number of nitrogens with one attached hydrogen (secondary N) is 3. The molecule has 0 heterocycles. The van der Waals surface area contributed by atoms with Crippen molar-refractivity contribution in [3.63, 3.8) is 0 Å². The molecule has 1 aromatic carbocycles. The van der Waals surface area contributed by atoms with Crippen LogP contribution in [0.15, 0.2) is 24.3 Å². The van der Waals surface area contributed by atoms with Gasteiger partial charge in [-0.1, -0.05) is 12.1 Å². The lowest BCUT2D eigenvalue weighted by Gasteiger charge is -2.24. The zero-order valence-corrected chi connectivity index (χ0v) is 19.5. The average molecular weight is 499 g/mol. The summed E-state index contributed by atoms with van der Waals surface area (Å²) < 4.78 is 0. The van der Waals surface area contributed by atoms with Crippen molar-refractivity contribution in [2.45, 2.75) is 43.8 Å². The molecule has 0 aromatic heterocycles. The highest BCUT2D eigenvalue weighted by Crippen LogP contribution is 2.12. The minimum absolute atomic E-state index is 0.00563. The molecule has 1 aromatic rings. The molecule has 0 spiro atoms. The van der Waals surface area contributed by atoms with Crippen molar-refractivity contribution in [2.75, 3.05) is 18.6 Å². The lowest BCUT2D eigenvalue weighted by molar-refractivity contribution is -0.138. The number of carboxylic acids is 2. The van der Waals surface area contributed by atoms with Crippen molar-refractivity contribution >= 4 is 41.4 Å². The minimum Gasteiger partial charge on any atom is -0.508 e. The van der Waals surface area contributed by atoms with Crippen molar-refractivity contribution in [1.82, 2.24) is 16.0 Å². The quantitative estimate of drug-likeness (QED) is 0.158. The summed E-state index contributed by atoms with van der Waals surface area (Å²) in [6, 6.07) is 2.40. The van der Waals surface area contributed by atoms with Crippen LogP contribution in [0, 0.1) is 0 Å². The highest BCUT2D eigenvalue weighted by molar-refractivity contribution is 7.98. The Morgan fingerprint density at radius 1 is 0.912 bits per heavy atom. The fraction of sp³-hybridized carbons (Fsp3) is 0.476. The zero-order chi connectivity index (χ0) is 25.7. The SMILES string of the molecule is CSCCC(N)C(=O)NC(CCC(=O)O)C(=O)NC(Cc1ccc(O)cc1)C(=O)NCC(=O)O. The summed E-state index contributed by atoms with van der Waals surface area (Å²) in [6.07, 6.45) is 1.47. The molecule has 3 amide bonds. The normalized spacial score (nSPS) is 13.2. The van der Waals surface area contributed by atoms with E-state index in [0.29, 0.717) is 17.7 Å². The van der Waals surface area contributed by atoms with Gasteiger partial charge in [-0.25, -0.2) is 0 Å². The number of hydrogen-bond donors (Lipinski definition) is 7. The van der Waals surface area contributed by atoms with E-state index in [1.165, 1.54) is 36.0 Å². The van der Waals surface area contributed by atoms with E-state index in [1.807, 2.05) is 6.26 Å². The first-order valence-corrected chi connectivity index (χ1v) is 11.8. The number of carboxylic acid groups (broad SMARTS) is 2. The fourth-order valence-electron chi connectivity index (χ4n) is 2.83. The van der Waals surface area contributed by atoms with Gasteiger partial charge in [-0.05, 0) is 42.5 Å². The number of rotatable bonds is 15. The van der Waals surface area contributed by atoms with Gasteiger partial charge in [0.1, 0.15) is 24.4 Å². The van der Waals surface area contributed by atoms with Crippen LogP contribution >= 0.6 is 11.8 Å². The highest BCUT2D eigenvalue weighted by atomic mass is 32.2. The van der Waals surface area contributed by atoms with Crippen LogP contribution in [-0.2, 0) is 30.4 Å². The molecule has 3 unspecified atom stereocenters. The monoisotopic (exact) mass is 498 g/mol. The first kappa shape index (κ1) is 28.7. The molecule has 8 N–H and O–H groups in total. The molecule has 34 heavy (non-hydrogen) atoms. The smallest absolute Gasteiger partial charge is 0.322 e. The standard InChI is InChI=1S/C21H30N4O8S/c1-34-9-8-14(22)19(31)24-15(6-7-17(27)28)21(33)25-16(20(32)23-11-18(29)30)10-12-2-4-13(26)5-3-12/h2-5,14-16,26H,6-11,22H2,1H3,(H,23,32)(H,24,31)(H,25,33)(H,27,28)(H,29,30). The van der Waals surface area contributed by atoms with E-state index in [2.05, 4.69) is 16.0 Å². The van der Waals surface area contributed by atoms with Crippen molar-refractivity contribution in [3.05, 3.63) is 29.8 Å². The van der Waals surface area contributed by atoms with Gasteiger partial charge in [0, 0.05) is 12.8 Å². The zero-order valence-electron chi connectivity index (χ0n) is 18.7. The molecule has 0 bridgehead atoms. The minimum atomic E-state index is -1.28. The molecule has 0 fully saturated rings. The van der Waals surface area contributed by atoms with Gasteiger partial charge in [-0.2, -0.15) is 11.8 Å². The molecule has 3 atom stereocenters. The Morgan fingerprint density at radius 3 is 2.09 bits per heavy atom. The summed E-state index contributed by atoms with van der Waals surface area (Å²) in [7, 11) is 0. The predicted octanol–water partition coefficient (Wildman–Crippen LogP) is -0.950. The van der Waals surface area contributed by atoms with Gasteiger partial charge in [0.15, 0.2) is 0 Å². The number of carbonyl (C=O) groups is 5. The van der Waals surface area contributed by atoms with E-state index in [-0.39, 0.29) is 18.6 Å². The molecule has 0 aliphatic carbocycles. The second-order valence-electron chi connectivity index (χ2n) is 7.42. The Labute approximate surface area is 200 Å². The molecule has 0 saturated heterocycles. The Kier molecular flexibility index (Phi) is 12.5. The van der Waals surface area contributed by atoms with Gasteiger partial charge in [0.05, 0.1) is 6.04 Å². The maximum Gasteiger partial charge on any atom is 0.322 e. The lowest BCUT2D eigenvalue weighted by atomic mass is 10.0. The Morgan fingerprint density at radius 2 is 1.53 bits per heavy atom. The second kappa shape index (κ2) is 14.8. The van der Waals surface area contributed by atoms with Crippen LogP contribution in [0.3, 0.4) is 0 Å². The van der Waals surface area contributed by atoms with Gasteiger partial charge in [0.25, 0.3) is 0 Å². The van der Waals surface area contributed by atoms with Gasteiger partial charge < -0.3 is 37.0 Å². The second-order valence-corrected chi connectivity index (χ2v) is 8.41. The van der Waals surface area contributed by atoms with Crippen LogP contribution in [-0.4, -0.2) is 81.7 Å². The summed E-state index contributed by atoms with van der Waals surface area (Å²) >= 11 is 1.49. The summed E-state index contributed by atoms with van der Waals surface area (Å²) in [5.41, 5.74) is 6.38. The number of aliphatic carboxylic acids is 2. The molecule has 0 aliphatic heterocycles. The molecule has 188 valence electrons. The van der Waals surface area contributed by atoms with Crippen molar-refractivity contribution in [2.24, 2.45) is 5.73 Å². The first-order chi connectivity index (χ1) is 16.0. The number of hydrogen-bond acceptors (Lipinski definition) is 8. The summed E-state index contributed by atoms with van der Waals surface area (Å²) in [4.78, 5) is 59.7. The number of nitrogens with two attached hydrogens (primary N) is 1. The van der Waals surface area contributed by atoms with Crippen LogP contribution in [0.25, 0.3) is 0 Å². The number of thioether (sulfide) groups is 1. The van der Waals surface area contributed by atoms with Crippen LogP contribution in [0.4, 0.5) is 0 Å². The fourth-order valence-corrected chi connectivity index (χ4v) is 3.32. The number of amides is 3. The average Bonchev–Trinajstić information content (AvgIpc) is 2.78. The predicted molar refractivity (Wildman–Crippen MR) is 124 cm³/mol. The van der Waals surface area contributed by atoms with E-state index < -0.39 is 60.8 Å². The van der Waals surface area contributed by atoms with Crippen molar-refractivity contribution in [1.29, 1.82) is 0 Å². The summed E-state index contributed by atoms with van der Waals surface area (Å²) in [6.45, 7) is -0.676. The van der Waals surface area contributed by atoms with Gasteiger partial charge in [0.2, 0.25) is 17.7 Å². The number of phenolic OH excluding ortho intramolecular Hbond substituents is 1.